The molecule has 0 bridgehead atoms. The van der Waals surface area contributed by atoms with Gasteiger partial charge < -0.3 is 10.6 Å². The summed E-state index contributed by atoms with van der Waals surface area (Å²) in [5.41, 5.74) is 8.85. The SMILES string of the molecule is Cc1ccc(CC(N)(c2ccccc2F)C(C)N(C)C)cc1. The number of likely N-dealkylation sites (N-methyl/N-ethyl adjacent to an activating group) is 1. The molecule has 0 aromatic heterocycles. The predicted octanol–water partition coefficient (Wildman–Crippen LogP) is 3.48. The van der Waals surface area contributed by atoms with Gasteiger partial charge >= 0.3 is 0 Å². The van der Waals surface area contributed by atoms with Crippen LogP contribution in [0, 0.1) is 12.7 Å². The van der Waals surface area contributed by atoms with Gasteiger partial charge in [0.1, 0.15) is 5.82 Å². The molecular formula is C19H25FN2. The summed E-state index contributed by atoms with van der Waals surface area (Å²) in [5.74, 6) is -0.245. The van der Waals surface area contributed by atoms with Crippen LogP contribution < -0.4 is 5.73 Å². The minimum atomic E-state index is -0.788. The third-order valence-electron chi connectivity index (χ3n) is 4.51. The summed E-state index contributed by atoms with van der Waals surface area (Å²) in [6.07, 6.45) is 0.591. The van der Waals surface area contributed by atoms with Crippen molar-refractivity contribution in [2.45, 2.75) is 31.8 Å². The molecule has 2 rings (SSSR count). The standard InChI is InChI=1S/C19H25FN2/c1-14-9-11-16(12-10-14)13-19(21,15(2)22(3)4)17-7-5-6-8-18(17)20/h5-12,15H,13,21H2,1-4H3. The molecule has 0 amide bonds. The monoisotopic (exact) mass is 300 g/mol. The van der Waals surface area contributed by atoms with E-state index in [0.717, 1.165) is 5.56 Å². The Labute approximate surface area is 132 Å². The maximum Gasteiger partial charge on any atom is 0.128 e. The molecule has 2 aromatic rings. The number of halogens is 1. The van der Waals surface area contributed by atoms with Crippen LogP contribution in [0.25, 0.3) is 0 Å². The highest BCUT2D eigenvalue weighted by Gasteiger charge is 2.37. The molecule has 118 valence electrons. The minimum Gasteiger partial charge on any atom is -0.320 e. The average molecular weight is 300 g/mol. The zero-order valence-electron chi connectivity index (χ0n) is 13.8. The van der Waals surface area contributed by atoms with Crippen LogP contribution in [0.4, 0.5) is 4.39 Å². The molecule has 0 saturated heterocycles. The van der Waals surface area contributed by atoms with Gasteiger partial charge in [-0.15, -0.1) is 0 Å². The van der Waals surface area contributed by atoms with Gasteiger partial charge in [0, 0.05) is 11.6 Å². The van der Waals surface area contributed by atoms with E-state index in [1.807, 2.05) is 32.0 Å². The Morgan fingerprint density at radius 2 is 1.68 bits per heavy atom. The van der Waals surface area contributed by atoms with Gasteiger partial charge in [0.2, 0.25) is 0 Å². The van der Waals surface area contributed by atoms with Crippen LogP contribution in [-0.2, 0) is 12.0 Å². The maximum absolute atomic E-state index is 14.4. The lowest BCUT2D eigenvalue weighted by Gasteiger charge is -2.40. The first-order valence-corrected chi connectivity index (χ1v) is 7.60. The Balaban J connectivity index is 2.46. The van der Waals surface area contributed by atoms with Crippen LogP contribution in [0.5, 0.6) is 0 Å². The van der Waals surface area contributed by atoms with Gasteiger partial charge in [-0.25, -0.2) is 4.39 Å². The first kappa shape index (κ1) is 16.7. The van der Waals surface area contributed by atoms with Gasteiger partial charge in [0.15, 0.2) is 0 Å². The van der Waals surface area contributed by atoms with E-state index in [2.05, 4.69) is 31.2 Å². The molecule has 0 fully saturated rings. The number of aryl methyl sites for hydroxylation is 1. The van der Waals surface area contributed by atoms with Crippen LogP contribution in [0.3, 0.4) is 0 Å². The van der Waals surface area contributed by atoms with Crippen molar-refractivity contribution in [3.8, 4) is 0 Å². The highest BCUT2D eigenvalue weighted by molar-refractivity contribution is 5.32. The number of benzene rings is 2. The van der Waals surface area contributed by atoms with E-state index in [1.165, 1.54) is 11.6 Å². The first-order valence-electron chi connectivity index (χ1n) is 7.60. The third-order valence-corrected chi connectivity index (χ3v) is 4.51. The van der Waals surface area contributed by atoms with Gasteiger partial charge in [0.05, 0.1) is 5.54 Å². The number of hydrogen-bond acceptors (Lipinski definition) is 2. The topological polar surface area (TPSA) is 29.3 Å². The number of nitrogens with two attached hydrogens (primary N) is 1. The van der Waals surface area contributed by atoms with Crippen molar-refractivity contribution in [3.63, 3.8) is 0 Å². The van der Waals surface area contributed by atoms with Crippen LogP contribution in [0.1, 0.15) is 23.6 Å². The van der Waals surface area contributed by atoms with Crippen molar-refractivity contribution in [2.24, 2.45) is 5.73 Å². The Bertz CT molecular complexity index is 622. The lowest BCUT2D eigenvalue weighted by molar-refractivity contribution is 0.186. The molecule has 0 aliphatic rings. The second kappa shape index (κ2) is 6.59. The van der Waals surface area contributed by atoms with Gasteiger partial charge in [-0.05, 0) is 46.0 Å². The van der Waals surface area contributed by atoms with Crippen molar-refractivity contribution in [1.82, 2.24) is 4.90 Å². The molecule has 0 aliphatic heterocycles. The lowest BCUT2D eigenvalue weighted by atomic mass is 9.78. The van der Waals surface area contributed by atoms with Crippen LogP contribution in [0.15, 0.2) is 48.5 Å². The van der Waals surface area contributed by atoms with Gasteiger partial charge in [-0.3, -0.25) is 0 Å². The summed E-state index contributed by atoms with van der Waals surface area (Å²) in [6, 6.07) is 15.1. The molecule has 3 heteroatoms. The Morgan fingerprint density at radius 1 is 1.09 bits per heavy atom. The second-order valence-electron chi connectivity index (χ2n) is 6.32. The van der Waals surface area contributed by atoms with E-state index in [-0.39, 0.29) is 11.9 Å². The van der Waals surface area contributed by atoms with E-state index in [0.29, 0.717) is 12.0 Å². The number of hydrogen-bond donors (Lipinski definition) is 1. The molecular weight excluding hydrogens is 275 g/mol. The molecule has 0 spiro atoms. The molecule has 2 unspecified atom stereocenters. The van der Waals surface area contributed by atoms with Gasteiger partial charge in [0.25, 0.3) is 0 Å². The lowest BCUT2D eigenvalue weighted by Crippen LogP contribution is -2.54. The third kappa shape index (κ3) is 3.37. The summed E-state index contributed by atoms with van der Waals surface area (Å²) >= 11 is 0. The predicted molar refractivity (Wildman–Crippen MR) is 90.3 cm³/mol. The highest BCUT2D eigenvalue weighted by atomic mass is 19.1. The number of rotatable bonds is 5. The highest BCUT2D eigenvalue weighted by Crippen LogP contribution is 2.31. The Hall–Kier alpha value is -1.71. The fourth-order valence-corrected chi connectivity index (χ4v) is 2.81. The van der Waals surface area contributed by atoms with E-state index >= 15 is 0 Å². The van der Waals surface area contributed by atoms with Crippen LogP contribution >= 0.6 is 0 Å². The van der Waals surface area contributed by atoms with Gasteiger partial charge in [-0.1, -0.05) is 48.0 Å². The zero-order valence-corrected chi connectivity index (χ0v) is 13.8. The minimum absolute atomic E-state index is 0.00861. The fourth-order valence-electron chi connectivity index (χ4n) is 2.81. The summed E-state index contributed by atoms with van der Waals surface area (Å²) in [4.78, 5) is 2.04. The summed E-state index contributed by atoms with van der Waals surface area (Å²) in [6.45, 7) is 4.10. The van der Waals surface area contributed by atoms with Crippen molar-refractivity contribution in [3.05, 3.63) is 71.0 Å². The molecule has 2 N–H and O–H groups in total. The summed E-state index contributed by atoms with van der Waals surface area (Å²) in [7, 11) is 3.95. The second-order valence-corrected chi connectivity index (χ2v) is 6.32. The molecule has 0 saturated carbocycles. The zero-order chi connectivity index (χ0) is 16.3. The van der Waals surface area contributed by atoms with E-state index in [1.54, 1.807) is 12.1 Å². The molecule has 22 heavy (non-hydrogen) atoms. The first-order chi connectivity index (χ1) is 10.3. The van der Waals surface area contributed by atoms with Crippen molar-refractivity contribution in [1.29, 1.82) is 0 Å². The molecule has 2 nitrogen and oxygen atoms in total. The molecule has 0 heterocycles. The van der Waals surface area contributed by atoms with E-state index in [4.69, 9.17) is 5.73 Å². The normalized spacial score (nSPS) is 15.6. The van der Waals surface area contributed by atoms with Crippen LogP contribution in [0.2, 0.25) is 0 Å². The summed E-state index contributed by atoms with van der Waals surface area (Å²) < 4.78 is 14.4. The summed E-state index contributed by atoms with van der Waals surface area (Å²) in [5, 5.41) is 0. The fraction of sp³-hybridized carbons (Fsp3) is 0.368. The smallest absolute Gasteiger partial charge is 0.128 e. The van der Waals surface area contributed by atoms with Gasteiger partial charge in [-0.2, -0.15) is 0 Å². The Kier molecular flexibility index (Phi) is 4.99. The van der Waals surface area contributed by atoms with Crippen molar-refractivity contribution >= 4 is 0 Å². The molecule has 2 atom stereocenters. The largest absolute Gasteiger partial charge is 0.320 e. The van der Waals surface area contributed by atoms with E-state index < -0.39 is 5.54 Å². The Morgan fingerprint density at radius 3 is 2.23 bits per heavy atom. The van der Waals surface area contributed by atoms with Crippen molar-refractivity contribution in [2.75, 3.05) is 14.1 Å². The van der Waals surface area contributed by atoms with Crippen molar-refractivity contribution < 1.29 is 4.39 Å². The quantitative estimate of drug-likeness (QED) is 0.916. The molecule has 0 aliphatic carbocycles. The molecule has 2 aromatic carbocycles. The molecule has 0 radical (unpaired) electrons. The van der Waals surface area contributed by atoms with Crippen LogP contribution in [-0.4, -0.2) is 25.0 Å². The van der Waals surface area contributed by atoms with E-state index in [9.17, 15) is 4.39 Å². The maximum atomic E-state index is 14.4. The average Bonchev–Trinajstić information content (AvgIpc) is 2.49. The number of nitrogens with zero attached hydrogens (tertiary/aromatic N) is 1.